The summed E-state index contributed by atoms with van der Waals surface area (Å²) in [6.07, 6.45) is 4.39. The van der Waals surface area contributed by atoms with E-state index in [2.05, 4.69) is 32.7 Å². The van der Waals surface area contributed by atoms with Gasteiger partial charge in [-0.25, -0.2) is 0 Å². The summed E-state index contributed by atoms with van der Waals surface area (Å²) in [6, 6.07) is 0. The fourth-order valence-electron chi connectivity index (χ4n) is 1.93. The summed E-state index contributed by atoms with van der Waals surface area (Å²) in [5.74, 6) is 0. The summed E-state index contributed by atoms with van der Waals surface area (Å²) in [6.45, 7) is 9.53. The second kappa shape index (κ2) is 10.4. The molecule has 0 atom stereocenters. The van der Waals surface area contributed by atoms with Gasteiger partial charge in [0, 0.05) is 0 Å². The fraction of sp³-hybridized carbons (Fsp3) is 1.00. The molecular weight excluding hydrogens is 273 g/mol. The first-order valence-electron chi connectivity index (χ1n) is 6.43. The van der Waals surface area contributed by atoms with Crippen molar-refractivity contribution in [1.29, 1.82) is 0 Å². The van der Waals surface area contributed by atoms with Gasteiger partial charge < -0.3 is 0 Å². The Morgan fingerprint density at radius 2 is 1.71 bits per heavy atom. The van der Waals surface area contributed by atoms with E-state index in [1.54, 1.807) is 12.5 Å². The molecule has 0 aromatic carbocycles. The Morgan fingerprint density at radius 3 is 2.21 bits per heavy atom. The quantitative estimate of drug-likeness (QED) is 0.588. The number of hydrogen-bond acceptors (Lipinski definition) is 1. The minimum atomic E-state index is -0.967. The van der Waals surface area contributed by atoms with Crippen LogP contribution in [0.3, 0.4) is 0 Å². The number of nitrogens with zero attached hydrogens (tertiary/aromatic N) is 1. The maximum atomic E-state index is 2.43. The van der Waals surface area contributed by atoms with Gasteiger partial charge in [0.15, 0.2) is 0 Å². The van der Waals surface area contributed by atoms with Gasteiger partial charge in [0.05, 0.1) is 0 Å². The van der Waals surface area contributed by atoms with E-state index in [1.165, 1.54) is 32.4 Å². The van der Waals surface area contributed by atoms with Crippen molar-refractivity contribution in [2.75, 3.05) is 20.1 Å². The molecule has 0 aliphatic rings. The van der Waals surface area contributed by atoms with Crippen LogP contribution in [0.2, 0.25) is 12.5 Å². The van der Waals surface area contributed by atoms with Crippen LogP contribution in [0, 0.1) is 0 Å². The van der Waals surface area contributed by atoms with Crippen LogP contribution in [0.4, 0.5) is 0 Å². The van der Waals surface area contributed by atoms with Gasteiger partial charge in [-0.3, -0.25) is 0 Å². The molecule has 2 heteroatoms. The molecule has 0 aromatic rings. The van der Waals surface area contributed by atoms with Gasteiger partial charge in [0.25, 0.3) is 0 Å². The van der Waals surface area contributed by atoms with Gasteiger partial charge in [-0.2, -0.15) is 0 Å². The van der Waals surface area contributed by atoms with Crippen molar-refractivity contribution in [2.45, 2.75) is 52.6 Å². The van der Waals surface area contributed by atoms with Crippen LogP contribution in [0.5, 0.6) is 0 Å². The van der Waals surface area contributed by atoms with Crippen LogP contribution in [0.25, 0.3) is 0 Å². The van der Waals surface area contributed by atoms with Crippen molar-refractivity contribution in [3.63, 3.8) is 0 Å². The summed E-state index contributed by atoms with van der Waals surface area (Å²) in [5.41, 5.74) is 0. The molecule has 0 aromatic heterocycles. The third-order valence-corrected chi connectivity index (χ3v) is 14.0. The molecule has 0 bridgehead atoms. The first-order chi connectivity index (χ1) is 6.74. The minimum absolute atomic E-state index is 0.967. The first kappa shape index (κ1) is 14.8. The van der Waals surface area contributed by atoms with Crippen molar-refractivity contribution >= 4 is 21.4 Å². The molecule has 1 nitrogen and oxygen atoms in total. The van der Waals surface area contributed by atoms with Crippen molar-refractivity contribution in [3.05, 3.63) is 0 Å². The van der Waals surface area contributed by atoms with E-state index in [0.717, 1.165) is 0 Å². The van der Waals surface area contributed by atoms with Crippen LogP contribution in [-0.4, -0.2) is 46.5 Å². The third kappa shape index (κ3) is 8.16. The van der Waals surface area contributed by atoms with Crippen LogP contribution in [0.15, 0.2) is 0 Å². The predicted molar refractivity (Wildman–Crippen MR) is 68.5 cm³/mol. The van der Waals surface area contributed by atoms with E-state index < -0.39 is 21.4 Å². The van der Waals surface area contributed by atoms with Crippen molar-refractivity contribution < 1.29 is 0 Å². The summed E-state index contributed by atoms with van der Waals surface area (Å²) in [5, 5.41) is 0. The molecule has 0 spiro atoms. The molecule has 0 saturated carbocycles. The normalized spacial score (nSPS) is 10.9. The number of hydrogen-bond donors (Lipinski definition) is 0. The molecule has 0 rings (SSSR count). The standard InChI is InChI=1S/C7H16N.C3H7.C2H5.In/c1-4-6-7-8(3)5-2;1-3-2;1-2;/h1,4-7H2,2-3H3;1,3H2,2H3;1H2,2H3;. The summed E-state index contributed by atoms with van der Waals surface area (Å²) >= 11 is -0.967. The molecule has 0 amide bonds. The Labute approximate surface area is 98.8 Å². The van der Waals surface area contributed by atoms with Crippen LogP contribution in [-0.2, 0) is 0 Å². The monoisotopic (exact) mass is 301 g/mol. The second-order valence-electron chi connectivity index (χ2n) is 4.45. The summed E-state index contributed by atoms with van der Waals surface area (Å²) in [7, 11) is 2.23. The van der Waals surface area contributed by atoms with Crippen molar-refractivity contribution in [3.8, 4) is 0 Å². The average Bonchev–Trinajstić information content (AvgIpc) is 2.22. The molecule has 0 aliphatic carbocycles. The van der Waals surface area contributed by atoms with Crippen LogP contribution in [0.1, 0.15) is 40.0 Å². The zero-order valence-electron chi connectivity index (χ0n) is 10.7. The fourth-order valence-corrected chi connectivity index (χ4v) is 9.89. The molecule has 84 valence electrons. The Kier molecular flexibility index (Phi) is 11.0. The topological polar surface area (TPSA) is 3.24 Å². The van der Waals surface area contributed by atoms with Crippen molar-refractivity contribution in [1.82, 2.24) is 4.90 Å². The van der Waals surface area contributed by atoms with Gasteiger partial charge in [-0.15, -0.1) is 0 Å². The van der Waals surface area contributed by atoms with Gasteiger partial charge >= 0.3 is 99.0 Å². The number of unbranched alkanes of at least 4 members (excludes halogenated alkanes) is 1. The molecule has 0 fully saturated rings. The van der Waals surface area contributed by atoms with Crippen LogP contribution >= 0.6 is 0 Å². The molecule has 0 radical (unpaired) electrons. The summed E-state index contributed by atoms with van der Waals surface area (Å²) in [4.78, 5) is 2.43. The number of rotatable bonds is 9. The zero-order valence-corrected chi connectivity index (χ0v) is 14.0. The van der Waals surface area contributed by atoms with E-state index in [-0.39, 0.29) is 0 Å². The van der Waals surface area contributed by atoms with Gasteiger partial charge in [0.2, 0.25) is 0 Å². The predicted octanol–water partition coefficient (Wildman–Crippen LogP) is 3.64. The molecule has 0 unspecified atom stereocenters. The summed E-state index contributed by atoms with van der Waals surface area (Å²) < 4.78 is 4.88. The molecule has 0 heterocycles. The average molecular weight is 301 g/mol. The van der Waals surface area contributed by atoms with E-state index in [9.17, 15) is 0 Å². The first-order valence-corrected chi connectivity index (χ1v) is 13.4. The van der Waals surface area contributed by atoms with Crippen LogP contribution < -0.4 is 0 Å². The molecular formula is C12H28InN. The van der Waals surface area contributed by atoms with E-state index in [1.807, 2.05) is 0 Å². The van der Waals surface area contributed by atoms with Crippen molar-refractivity contribution in [2.24, 2.45) is 0 Å². The Morgan fingerprint density at radius 1 is 1.00 bits per heavy atom. The Balaban J connectivity index is 3.32. The molecule has 14 heavy (non-hydrogen) atoms. The second-order valence-corrected chi connectivity index (χ2v) is 15.0. The van der Waals surface area contributed by atoms with E-state index >= 15 is 0 Å². The zero-order chi connectivity index (χ0) is 10.8. The molecule has 0 N–H and O–H groups in total. The van der Waals surface area contributed by atoms with Gasteiger partial charge in [-0.05, 0) is 0 Å². The van der Waals surface area contributed by atoms with Gasteiger partial charge in [-0.1, -0.05) is 0 Å². The van der Waals surface area contributed by atoms with E-state index in [4.69, 9.17) is 0 Å². The van der Waals surface area contributed by atoms with Gasteiger partial charge in [0.1, 0.15) is 0 Å². The Bertz CT molecular complexity index is 117. The third-order valence-electron chi connectivity index (χ3n) is 3.22. The SMILES string of the molecule is CC[CH2][In]([CH2]C)[CH2]CCCN(C)CC. The molecule has 0 aliphatic heterocycles. The maximum absolute atomic E-state index is 2.43. The molecule has 0 saturated heterocycles. The van der Waals surface area contributed by atoms with E-state index in [0.29, 0.717) is 0 Å². The Hall–Kier alpha value is 0.830.